The van der Waals surface area contributed by atoms with Crippen LogP contribution in [0.4, 0.5) is 4.79 Å². The molecule has 2 rings (SSSR count). The molecule has 0 saturated carbocycles. The normalized spacial score (nSPS) is 16.0. The van der Waals surface area contributed by atoms with Crippen LogP contribution in [0.25, 0.3) is 0 Å². The number of rotatable bonds is 6. The first-order valence-electron chi connectivity index (χ1n) is 8.23. The highest BCUT2D eigenvalue weighted by atomic mass is 32.2. The average Bonchev–Trinajstić information content (AvgIpc) is 2.88. The first-order valence-corrected chi connectivity index (χ1v) is 9.67. The van der Waals surface area contributed by atoms with E-state index in [4.69, 9.17) is 9.84 Å². The molecule has 1 fully saturated rings. The smallest absolute Gasteiger partial charge is 0.317 e. The van der Waals surface area contributed by atoms with Crippen LogP contribution in [-0.2, 0) is 14.8 Å². The fourth-order valence-corrected chi connectivity index (χ4v) is 4.09. The summed E-state index contributed by atoms with van der Waals surface area (Å²) in [6.07, 6.45) is 0.347. The van der Waals surface area contributed by atoms with E-state index in [1.54, 1.807) is 12.1 Å². The number of nitrogens with one attached hydrogen (secondary N) is 1. The summed E-state index contributed by atoms with van der Waals surface area (Å²) in [6.45, 7) is 1.19. The SMILES string of the molecule is COc1ccc(S(=O)(=O)N2CCCN(C(=O)NCCC(=O)O)CC2)cc1. The molecule has 0 aromatic heterocycles. The van der Waals surface area contributed by atoms with Crippen molar-refractivity contribution in [3.63, 3.8) is 0 Å². The Kier molecular flexibility index (Phi) is 6.81. The molecule has 1 aliphatic rings. The quantitative estimate of drug-likeness (QED) is 0.740. The highest BCUT2D eigenvalue weighted by Gasteiger charge is 2.28. The minimum Gasteiger partial charge on any atom is -0.497 e. The number of benzene rings is 1. The van der Waals surface area contributed by atoms with Gasteiger partial charge >= 0.3 is 12.0 Å². The number of aliphatic carboxylic acids is 1. The second-order valence-electron chi connectivity index (χ2n) is 5.80. The monoisotopic (exact) mass is 385 g/mol. The maximum atomic E-state index is 12.8. The van der Waals surface area contributed by atoms with Crippen molar-refractivity contribution in [1.82, 2.24) is 14.5 Å². The Hall–Kier alpha value is -2.33. The topological polar surface area (TPSA) is 116 Å². The summed E-state index contributed by atoms with van der Waals surface area (Å²) >= 11 is 0. The largest absolute Gasteiger partial charge is 0.497 e. The summed E-state index contributed by atoms with van der Waals surface area (Å²) in [5.74, 6) is -0.415. The van der Waals surface area contributed by atoms with E-state index in [0.29, 0.717) is 25.3 Å². The molecule has 2 amide bonds. The third-order valence-corrected chi connectivity index (χ3v) is 5.97. The van der Waals surface area contributed by atoms with Gasteiger partial charge in [-0.25, -0.2) is 13.2 Å². The predicted molar refractivity (Wildman–Crippen MR) is 93.6 cm³/mol. The van der Waals surface area contributed by atoms with E-state index in [1.807, 2.05) is 0 Å². The number of hydrogen-bond acceptors (Lipinski definition) is 5. The van der Waals surface area contributed by atoms with E-state index < -0.39 is 16.0 Å². The van der Waals surface area contributed by atoms with Gasteiger partial charge in [-0.2, -0.15) is 4.31 Å². The van der Waals surface area contributed by atoms with E-state index in [-0.39, 0.29) is 37.0 Å². The van der Waals surface area contributed by atoms with Crippen LogP contribution in [-0.4, -0.2) is 74.6 Å². The van der Waals surface area contributed by atoms with Crippen LogP contribution in [0, 0.1) is 0 Å². The fourth-order valence-electron chi connectivity index (χ4n) is 2.62. The molecule has 9 nitrogen and oxygen atoms in total. The van der Waals surface area contributed by atoms with E-state index in [2.05, 4.69) is 5.32 Å². The number of sulfonamides is 1. The van der Waals surface area contributed by atoms with Gasteiger partial charge < -0.3 is 20.1 Å². The molecule has 1 aliphatic heterocycles. The van der Waals surface area contributed by atoms with E-state index in [9.17, 15) is 18.0 Å². The molecule has 0 atom stereocenters. The van der Waals surface area contributed by atoms with Gasteiger partial charge in [-0.1, -0.05) is 0 Å². The molecule has 1 aromatic rings. The lowest BCUT2D eigenvalue weighted by Crippen LogP contribution is -2.43. The number of carbonyl (C=O) groups is 2. The van der Waals surface area contributed by atoms with Crippen LogP contribution in [0.5, 0.6) is 5.75 Å². The lowest BCUT2D eigenvalue weighted by molar-refractivity contribution is -0.136. The number of amides is 2. The summed E-state index contributed by atoms with van der Waals surface area (Å²) in [5.41, 5.74) is 0. The number of ether oxygens (including phenoxy) is 1. The van der Waals surface area contributed by atoms with Gasteiger partial charge in [-0.05, 0) is 30.7 Å². The van der Waals surface area contributed by atoms with Gasteiger partial charge in [0.05, 0.1) is 18.4 Å². The summed E-state index contributed by atoms with van der Waals surface area (Å²) in [5, 5.41) is 11.1. The van der Waals surface area contributed by atoms with Crippen molar-refractivity contribution in [2.45, 2.75) is 17.7 Å². The van der Waals surface area contributed by atoms with Crippen molar-refractivity contribution >= 4 is 22.0 Å². The Morgan fingerprint density at radius 2 is 1.85 bits per heavy atom. The molecule has 144 valence electrons. The van der Waals surface area contributed by atoms with Crippen molar-refractivity contribution in [3.05, 3.63) is 24.3 Å². The number of carbonyl (C=O) groups excluding carboxylic acids is 1. The third-order valence-electron chi connectivity index (χ3n) is 4.05. The summed E-state index contributed by atoms with van der Waals surface area (Å²) in [7, 11) is -2.14. The van der Waals surface area contributed by atoms with Gasteiger partial charge in [0.2, 0.25) is 10.0 Å². The van der Waals surface area contributed by atoms with E-state index >= 15 is 0 Å². The molecule has 2 N–H and O–H groups in total. The lowest BCUT2D eigenvalue weighted by atomic mass is 10.3. The Bertz CT molecular complexity index is 735. The van der Waals surface area contributed by atoms with Crippen LogP contribution in [0.15, 0.2) is 29.2 Å². The molecule has 1 saturated heterocycles. The molecule has 0 radical (unpaired) electrons. The minimum absolute atomic E-state index is 0.0402. The van der Waals surface area contributed by atoms with Crippen molar-refractivity contribution in [2.75, 3.05) is 39.8 Å². The number of hydrogen-bond donors (Lipinski definition) is 2. The second-order valence-corrected chi connectivity index (χ2v) is 7.73. The predicted octanol–water partition coefficient (Wildman–Crippen LogP) is 0.576. The molecule has 0 spiro atoms. The van der Waals surface area contributed by atoms with Gasteiger partial charge in [-0.15, -0.1) is 0 Å². The molecule has 0 unspecified atom stereocenters. The molecular weight excluding hydrogens is 362 g/mol. The number of carboxylic acids is 1. The molecule has 0 bridgehead atoms. The van der Waals surface area contributed by atoms with Crippen LogP contribution in [0.3, 0.4) is 0 Å². The van der Waals surface area contributed by atoms with Gasteiger partial charge in [0.25, 0.3) is 0 Å². The Morgan fingerprint density at radius 1 is 1.15 bits per heavy atom. The lowest BCUT2D eigenvalue weighted by Gasteiger charge is -2.22. The van der Waals surface area contributed by atoms with Gasteiger partial charge in [-0.3, -0.25) is 4.79 Å². The molecular formula is C16H23N3O6S. The standard InChI is InChI=1S/C16H23N3O6S/c1-25-13-3-5-14(6-4-13)26(23,24)19-10-2-9-18(11-12-19)16(22)17-8-7-15(20)21/h3-6H,2,7-12H2,1H3,(H,17,22)(H,20,21). The number of carboxylic acid groups (broad SMARTS) is 1. The van der Waals surface area contributed by atoms with Gasteiger partial charge in [0.1, 0.15) is 5.75 Å². The molecule has 1 heterocycles. The number of nitrogens with zero attached hydrogens (tertiary/aromatic N) is 2. The molecule has 1 aromatic carbocycles. The average molecular weight is 385 g/mol. The highest BCUT2D eigenvalue weighted by molar-refractivity contribution is 7.89. The first kappa shape index (κ1) is 20.0. The maximum Gasteiger partial charge on any atom is 0.317 e. The minimum atomic E-state index is -3.65. The maximum absolute atomic E-state index is 12.8. The van der Waals surface area contributed by atoms with Crippen LogP contribution < -0.4 is 10.1 Å². The summed E-state index contributed by atoms with van der Waals surface area (Å²) in [6, 6.07) is 5.79. The fraction of sp³-hybridized carbons (Fsp3) is 0.500. The molecule has 26 heavy (non-hydrogen) atoms. The van der Waals surface area contributed by atoms with E-state index in [1.165, 1.54) is 28.4 Å². The number of methoxy groups -OCH3 is 1. The van der Waals surface area contributed by atoms with Gasteiger partial charge in [0.15, 0.2) is 0 Å². The Morgan fingerprint density at radius 3 is 2.46 bits per heavy atom. The Balaban J connectivity index is 1.98. The van der Waals surface area contributed by atoms with Crippen LogP contribution in [0.1, 0.15) is 12.8 Å². The zero-order valence-electron chi connectivity index (χ0n) is 14.6. The molecule has 10 heteroatoms. The third kappa shape index (κ3) is 5.09. The summed E-state index contributed by atoms with van der Waals surface area (Å²) in [4.78, 5) is 24.2. The van der Waals surface area contributed by atoms with Crippen LogP contribution in [0.2, 0.25) is 0 Å². The van der Waals surface area contributed by atoms with Crippen molar-refractivity contribution in [3.8, 4) is 5.75 Å². The number of urea groups is 1. The van der Waals surface area contributed by atoms with Gasteiger partial charge in [0, 0.05) is 32.7 Å². The van der Waals surface area contributed by atoms with Crippen molar-refractivity contribution < 1.29 is 27.9 Å². The zero-order chi connectivity index (χ0) is 19.2. The summed E-state index contributed by atoms with van der Waals surface area (Å²) < 4.78 is 31.9. The zero-order valence-corrected chi connectivity index (χ0v) is 15.4. The van der Waals surface area contributed by atoms with Crippen molar-refractivity contribution in [2.24, 2.45) is 0 Å². The highest BCUT2D eigenvalue weighted by Crippen LogP contribution is 2.20. The first-order chi connectivity index (χ1) is 12.3. The second kappa shape index (κ2) is 8.86. The van der Waals surface area contributed by atoms with E-state index in [0.717, 1.165) is 0 Å². The van der Waals surface area contributed by atoms with Crippen LogP contribution >= 0.6 is 0 Å². The Labute approximate surface area is 152 Å². The van der Waals surface area contributed by atoms with Crippen molar-refractivity contribution in [1.29, 1.82) is 0 Å². The molecule has 0 aliphatic carbocycles.